The first-order chi connectivity index (χ1) is 14.6. The van der Waals surface area contributed by atoms with E-state index in [0.29, 0.717) is 38.5 Å². The number of rotatable bonds is 7. The molecule has 0 unspecified atom stereocenters. The lowest BCUT2D eigenvalue weighted by Gasteiger charge is -2.25. The summed E-state index contributed by atoms with van der Waals surface area (Å²) in [4.78, 5) is 16.6. The molecule has 0 fully saturated rings. The summed E-state index contributed by atoms with van der Waals surface area (Å²) in [7, 11) is 0. The Morgan fingerprint density at radius 1 is 1.20 bits per heavy atom. The third-order valence-corrected chi connectivity index (χ3v) is 5.23. The molecule has 0 aliphatic carbocycles. The Morgan fingerprint density at radius 3 is 2.83 bits per heavy atom. The van der Waals surface area contributed by atoms with Gasteiger partial charge in [-0.05, 0) is 55.7 Å². The number of carbonyl (C=O) groups is 1. The van der Waals surface area contributed by atoms with Gasteiger partial charge in [0, 0.05) is 18.5 Å². The first-order valence-electron chi connectivity index (χ1n) is 10.3. The SMILES string of the molecule is CCOC(=O)[C@@H]1Cc2ccc(OCCc3nc(-c4ccccc4)oc3C)cc2CN1. The Balaban J connectivity index is 1.34. The topological polar surface area (TPSA) is 73.6 Å². The van der Waals surface area contributed by atoms with Gasteiger partial charge in [0.25, 0.3) is 0 Å². The average Bonchev–Trinajstić information content (AvgIpc) is 3.14. The summed E-state index contributed by atoms with van der Waals surface area (Å²) in [5.74, 6) is 2.08. The highest BCUT2D eigenvalue weighted by Gasteiger charge is 2.25. The van der Waals surface area contributed by atoms with Crippen LogP contribution in [0, 0.1) is 6.92 Å². The lowest BCUT2D eigenvalue weighted by Crippen LogP contribution is -2.42. The molecule has 156 valence electrons. The monoisotopic (exact) mass is 406 g/mol. The molecule has 1 aromatic heterocycles. The molecule has 6 heteroatoms. The number of benzene rings is 2. The number of carbonyl (C=O) groups excluding carboxylic acids is 1. The number of nitrogens with zero attached hydrogens (tertiary/aromatic N) is 1. The van der Waals surface area contributed by atoms with Gasteiger partial charge in [-0.1, -0.05) is 24.3 Å². The van der Waals surface area contributed by atoms with E-state index in [0.717, 1.165) is 33.9 Å². The normalized spacial score (nSPS) is 15.5. The number of hydrogen-bond acceptors (Lipinski definition) is 6. The largest absolute Gasteiger partial charge is 0.493 e. The molecule has 3 aromatic rings. The van der Waals surface area contributed by atoms with Crippen LogP contribution in [-0.2, 0) is 28.9 Å². The third kappa shape index (κ3) is 4.54. The fourth-order valence-corrected chi connectivity index (χ4v) is 3.62. The van der Waals surface area contributed by atoms with Gasteiger partial charge in [0.1, 0.15) is 17.6 Å². The van der Waals surface area contributed by atoms with E-state index >= 15 is 0 Å². The van der Waals surface area contributed by atoms with Gasteiger partial charge in [-0.15, -0.1) is 0 Å². The molecule has 2 aromatic carbocycles. The smallest absolute Gasteiger partial charge is 0.323 e. The number of oxazole rings is 1. The van der Waals surface area contributed by atoms with Crippen LogP contribution >= 0.6 is 0 Å². The fourth-order valence-electron chi connectivity index (χ4n) is 3.62. The second kappa shape index (κ2) is 9.13. The maximum Gasteiger partial charge on any atom is 0.323 e. The second-order valence-electron chi connectivity index (χ2n) is 7.31. The molecular formula is C24H26N2O4. The van der Waals surface area contributed by atoms with E-state index in [9.17, 15) is 4.79 Å². The van der Waals surface area contributed by atoms with Crippen molar-refractivity contribution in [1.82, 2.24) is 10.3 Å². The van der Waals surface area contributed by atoms with Gasteiger partial charge in [-0.25, -0.2) is 4.98 Å². The van der Waals surface area contributed by atoms with E-state index in [-0.39, 0.29) is 12.0 Å². The Morgan fingerprint density at radius 2 is 2.03 bits per heavy atom. The average molecular weight is 406 g/mol. The molecule has 0 saturated heterocycles. The molecule has 0 amide bonds. The van der Waals surface area contributed by atoms with E-state index in [4.69, 9.17) is 13.9 Å². The zero-order chi connectivity index (χ0) is 20.9. The van der Waals surface area contributed by atoms with Gasteiger partial charge in [-0.2, -0.15) is 0 Å². The highest BCUT2D eigenvalue weighted by molar-refractivity contribution is 5.76. The number of nitrogens with one attached hydrogen (secondary N) is 1. The lowest BCUT2D eigenvalue weighted by molar-refractivity contribution is -0.145. The number of fused-ring (bicyclic) bond motifs is 1. The molecule has 1 atom stereocenters. The van der Waals surface area contributed by atoms with Gasteiger partial charge in [0.05, 0.1) is 18.9 Å². The van der Waals surface area contributed by atoms with Crippen LogP contribution in [0.4, 0.5) is 0 Å². The Labute approximate surface area is 176 Å². The predicted molar refractivity (Wildman–Crippen MR) is 113 cm³/mol. The number of aromatic nitrogens is 1. The summed E-state index contributed by atoms with van der Waals surface area (Å²) in [6.07, 6.45) is 1.30. The second-order valence-corrected chi connectivity index (χ2v) is 7.31. The van der Waals surface area contributed by atoms with Crippen molar-refractivity contribution in [3.8, 4) is 17.2 Å². The van der Waals surface area contributed by atoms with Crippen LogP contribution in [-0.4, -0.2) is 30.2 Å². The van der Waals surface area contributed by atoms with Crippen molar-refractivity contribution in [1.29, 1.82) is 0 Å². The van der Waals surface area contributed by atoms with Crippen molar-refractivity contribution < 1.29 is 18.7 Å². The summed E-state index contributed by atoms with van der Waals surface area (Å²) < 4.78 is 16.9. The molecule has 6 nitrogen and oxygen atoms in total. The zero-order valence-corrected chi connectivity index (χ0v) is 17.3. The van der Waals surface area contributed by atoms with Crippen LogP contribution in [0.5, 0.6) is 5.75 Å². The molecule has 1 aliphatic heterocycles. The van der Waals surface area contributed by atoms with E-state index in [2.05, 4.69) is 10.3 Å². The molecule has 0 bridgehead atoms. The number of ether oxygens (including phenoxy) is 2. The van der Waals surface area contributed by atoms with Gasteiger partial charge in [0.15, 0.2) is 0 Å². The van der Waals surface area contributed by atoms with Crippen LogP contribution in [0.2, 0.25) is 0 Å². The van der Waals surface area contributed by atoms with E-state index in [1.54, 1.807) is 0 Å². The minimum Gasteiger partial charge on any atom is -0.493 e. The number of aryl methyl sites for hydroxylation is 1. The molecule has 1 N–H and O–H groups in total. The molecule has 0 radical (unpaired) electrons. The maximum atomic E-state index is 11.9. The van der Waals surface area contributed by atoms with Crippen LogP contribution in [0.3, 0.4) is 0 Å². The minimum absolute atomic E-state index is 0.193. The first kappa shape index (κ1) is 20.2. The summed E-state index contributed by atoms with van der Waals surface area (Å²) in [6, 6.07) is 15.6. The Hall–Kier alpha value is -3.12. The van der Waals surface area contributed by atoms with Crippen molar-refractivity contribution in [2.75, 3.05) is 13.2 Å². The maximum absolute atomic E-state index is 11.9. The summed E-state index contributed by atoms with van der Waals surface area (Å²) in [5.41, 5.74) is 4.18. The zero-order valence-electron chi connectivity index (χ0n) is 17.3. The lowest BCUT2D eigenvalue weighted by atomic mass is 9.95. The Kier molecular flexibility index (Phi) is 6.14. The van der Waals surface area contributed by atoms with E-state index in [1.807, 2.05) is 62.4 Å². The number of esters is 1. The molecule has 4 rings (SSSR count). The van der Waals surface area contributed by atoms with Gasteiger partial charge in [0.2, 0.25) is 5.89 Å². The molecule has 0 spiro atoms. The molecular weight excluding hydrogens is 380 g/mol. The third-order valence-electron chi connectivity index (χ3n) is 5.23. The number of hydrogen-bond donors (Lipinski definition) is 1. The minimum atomic E-state index is -0.279. The van der Waals surface area contributed by atoms with E-state index in [1.165, 1.54) is 0 Å². The molecule has 1 aliphatic rings. The Bertz CT molecular complexity index is 1010. The fraction of sp³-hybridized carbons (Fsp3) is 0.333. The van der Waals surface area contributed by atoms with Crippen molar-refractivity contribution in [2.24, 2.45) is 0 Å². The summed E-state index contributed by atoms with van der Waals surface area (Å²) >= 11 is 0. The summed E-state index contributed by atoms with van der Waals surface area (Å²) in [6.45, 7) is 5.28. The van der Waals surface area contributed by atoms with Crippen molar-refractivity contribution in [2.45, 2.75) is 39.3 Å². The standard InChI is InChI=1S/C24H26N2O4/c1-3-28-24(27)22-14-18-9-10-20(13-19(18)15-25-22)29-12-11-21-16(2)30-23(26-21)17-7-5-4-6-8-17/h4-10,13,22,25H,3,11-12,14-15H2,1-2H3/t22-/m0/s1. The first-order valence-corrected chi connectivity index (χ1v) is 10.3. The quantitative estimate of drug-likeness (QED) is 0.601. The predicted octanol–water partition coefficient (Wildman–Crippen LogP) is 3.85. The van der Waals surface area contributed by atoms with Gasteiger partial charge >= 0.3 is 5.97 Å². The van der Waals surface area contributed by atoms with Gasteiger partial charge in [-0.3, -0.25) is 4.79 Å². The van der Waals surface area contributed by atoms with Crippen LogP contribution in [0.25, 0.3) is 11.5 Å². The van der Waals surface area contributed by atoms with Gasteiger partial charge < -0.3 is 19.2 Å². The molecule has 0 saturated carbocycles. The molecule has 2 heterocycles. The summed E-state index contributed by atoms with van der Waals surface area (Å²) in [5, 5.41) is 3.24. The van der Waals surface area contributed by atoms with Crippen molar-refractivity contribution >= 4 is 5.97 Å². The van der Waals surface area contributed by atoms with Crippen LogP contribution in [0.15, 0.2) is 52.9 Å². The highest BCUT2D eigenvalue weighted by atomic mass is 16.5. The molecule has 30 heavy (non-hydrogen) atoms. The van der Waals surface area contributed by atoms with Crippen molar-refractivity contribution in [3.05, 3.63) is 71.1 Å². The van der Waals surface area contributed by atoms with Crippen LogP contribution in [0.1, 0.15) is 29.5 Å². The highest BCUT2D eigenvalue weighted by Crippen LogP contribution is 2.24. The van der Waals surface area contributed by atoms with Crippen molar-refractivity contribution in [3.63, 3.8) is 0 Å². The van der Waals surface area contributed by atoms with E-state index < -0.39 is 0 Å². The van der Waals surface area contributed by atoms with Crippen LogP contribution < -0.4 is 10.1 Å².